The molecule has 54 heavy (non-hydrogen) atoms. The highest BCUT2D eigenvalue weighted by atomic mass is 16.6. The lowest BCUT2D eigenvalue weighted by atomic mass is 10.0. The van der Waals surface area contributed by atoms with Gasteiger partial charge in [0.2, 0.25) is 0 Å². The van der Waals surface area contributed by atoms with Gasteiger partial charge in [-0.3, -0.25) is 14.4 Å². The van der Waals surface area contributed by atoms with Crippen LogP contribution in [0, 0.1) is 0 Å². The van der Waals surface area contributed by atoms with E-state index in [4.69, 9.17) is 14.2 Å². The molecule has 0 rings (SSSR count). The molecule has 0 heterocycles. The van der Waals surface area contributed by atoms with E-state index in [1.54, 1.807) is 0 Å². The average Bonchev–Trinajstić information content (AvgIpc) is 3.17. The Balaban J connectivity index is 4.27. The minimum atomic E-state index is -0.757. The average molecular weight is 765 g/mol. The fourth-order valence-electron chi connectivity index (χ4n) is 7.21. The molecule has 0 aliphatic rings. The first-order chi connectivity index (χ1) is 26.5. The molecule has 0 spiro atoms. The molecule has 0 bridgehead atoms. The van der Waals surface area contributed by atoms with E-state index in [9.17, 15) is 14.4 Å². The highest BCUT2D eigenvalue weighted by molar-refractivity contribution is 5.71. The summed E-state index contributed by atoms with van der Waals surface area (Å²) in [6, 6.07) is 0. The van der Waals surface area contributed by atoms with Crippen molar-refractivity contribution in [3.05, 3.63) is 0 Å². The van der Waals surface area contributed by atoms with E-state index in [1.165, 1.54) is 173 Å². The lowest BCUT2D eigenvalue weighted by Crippen LogP contribution is -2.30. The second kappa shape index (κ2) is 44.1. The number of ether oxygens (including phenoxy) is 3. The van der Waals surface area contributed by atoms with Gasteiger partial charge in [0, 0.05) is 19.3 Å². The summed E-state index contributed by atoms with van der Waals surface area (Å²) in [5, 5.41) is 0. The SMILES string of the molecule is CCCCCCCCCCCCCCCCC(=O)OC[C@@H](COC(=O)CCCCCCCCCCCCCCC)OC(=O)CCCCCCCCCCC. The van der Waals surface area contributed by atoms with Crippen molar-refractivity contribution < 1.29 is 28.6 Å². The molecule has 0 saturated carbocycles. The van der Waals surface area contributed by atoms with Gasteiger partial charge in [0.05, 0.1) is 0 Å². The minimum Gasteiger partial charge on any atom is -0.462 e. The highest BCUT2D eigenvalue weighted by Crippen LogP contribution is 2.16. The van der Waals surface area contributed by atoms with Crippen LogP contribution in [0.5, 0.6) is 0 Å². The van der Waals surface area contributed by atoms with E-state index < -0.39 is 6.10 Å². The van der Waals surface area contributed by atoms with Gasteiger partial charge in [-0.2, -0.15) is 0 Å². The molecule has 0 N–H and O–H groups in total. The third-order valence-corrected chi connectivity index (χ3v) is 10.9. The second-order valence-electron chi connectivity index (χ2n) is 16.4. The van der Waals surface area contributed by atoms with Crippen LogP contribution in [0.3, 0.4) is 0 Å². The van der Waals surface area contributed by atoms with Crippen LogP contribution < -0.4 is 0 Å². The van der Waals surface area contributed by atoms with Gasteiger partial charge in [-0.15, -0.1) is 0 Å². The van der Waals surface area contributed by atoms with E-state index in [1.807, 2.05) is 0 Å². The Labute approximate surface area is 336 Å². The third-order valence-electron chi connectivity index (χ3n) is 10.9. The van der Waals surface area contributed by atoms with Crippen LogP contribution in [-0.4, -0.2) is 37.2 Å². The normalized spacial score (nSPS) is 11.8. The molecule has 0 amide bonds. The van der Waals surface area contributed by atoms with Gasteiger partial charge in [-0.25, -0.2) is 0 Å². The molecule has 0 saturated heterocycles. The lowest BCUT2D eigenvalue weighted by molar-refractivity contribution is -0.167. The predicted molar refractivity (Wildman–Crippen MR) is 229 cm³/mol. The van der Waals surface area contributed by atoms with Crippen LogP contribution in [0.2, 0.25) is 0 Å². The molecule has 6 heteroatoms. The van der Waals surface area contributed by atoms with E-state index in [2.05, 4.69) is 20.8 Å². The molecule has 1 atom stereocenters. The Hall–Kier alpha value is -1.59. The van der Waals surface area contributed by atoms with Gasteiger partial charge >= 0.3 is 17.9 Å². The summed E-state index contributed by atoms with van der Waals surface area (Å²) in [5.74, 6) is -0.850. The van der Waals surface area contributed by atoms with Gasteiger partial charge in [0.25, 0.3) is 0 Å². The molecule has 0 aromatic rings. The first kappa shape index (κ1) is 52.4. The van der Waals surface area contributed by atoms with Crippen molar-refractivity contribution in [2.45, 2.75) is 277 Å². The summed E-state index contributed by atoms with van der Waals surface area (Å²) in [4.78, 5) is 37.7. The first-order valence-corrected chi connectivity index (χ1v) is 24.0. The topological polar surface area (TPSA) is 78.9 Å². The van der Waals surface area contributed by atoms with Crippen molar-refractivity contribution >= 4 is 17.9 Å². The summed E-state index contributed by atoms with van der Waals surface area (Å²) in [7, 11) is 0. The fourth-order valence-corrected chi connectivity index (χ4v) is 7.21. The van der Waals surface area contributed by atoms with E-state index in [0.29, 0.717) is 19.3 Å². The van der Waals surface area contributed by atoms with Crippen molar-refractivity contribution in [2.75, 3.05) is 13.2 Å². The van der Waals surface area contributed by atoms with Gasteiger partial charge in [-0.05, 0) is 19.3 Å². The molecule has 0 fully saturated rings. The molecule has 320 valence electrons. The molecular weight excluding hydrogens is 673 g/mol. The molecule has 0 aliphatic heterocycles. The fraction of sp³-hybridized carbons (Fsp3) is 0.938. The van der Waals surface area contributed by atoms with Crippen LogP contribution >= 0.6 is 0 Å². The maximum absolute atomic E-state index is 12.7. The zero-order valence-corrected chi connectivity index (χ0v) is 36.5. The van der Waals surface area contributed by atoms with Gasteiger partial charge < -0.3 is 14.2 Å². The summed E-state index contributed by atoms with van der Waals surface area (Å²) < 4.78 is 16.7. The predicted octanol–water partition coefficient (Wildman–Crippen LogP) is 15.3. The Morgan fingerprint density at radius 3 is 0.741 bits per heavy atom. The van der Waals surface area contributed by atoms with E-state index in [-0.39, 0.29) is 31.1 Å². The molecular formula is C48H92O6. The Morgan fingerprint density at radius 1 is 0.296 bits per heavy atom. The maximum Gasteiger partial charge on any atom is 0.306 e. The van der Waals surface area contributed by atoms with Crippen molar-refractivity contribution in [3.8, 4) is 0 Å². The smallest absolute Gasteiger partial charge is 0.306 e. The number of carbonyl (C=O) groups is 3. The van der Waals surface area contributed by atoms with Crippen LogP contribution in [0.25, 0.3) is 0 Å². The Bertz CT molecular complexity index is 798. The lowest BCUT2D eigenvalue weighted by Gasteiger charge is -2.18. The van der Waals surface area contributed by atoms with Gasteiger partial charge in [0.1, 0.15) is 13.2 Å². The third kappa shape index (κ3) is 41.6. The maximum atomic E-state index is 12.7. The number of hydrogen-bond donors (Lipinski definition) is 0. The molecule has 0 aromatic carbocycles. The number of hydrogen-bond acceptors (Lipinski definition) is 6. The molecule has 0 unspecified atom stereocenters. The van der Waals surface area contributed by atoms with Crippen LogP contribution in [-0.2, 0) is 28.6 Å². The number of unbranched alkanes of at least 4 members (excludes halogenated alkanes) is 33. The monoisotopic (exact) mass is 765 g/mol. The van der Waals surface area contributed by atoms with Gasteiger partial charge in [-0.1, -0.05) is 233 Å². The Kier molecular flexibility index (Phi) is 42.8. The summed E-state index contributed by atoms with van der Waals surface area (Å²) >= 11 is 0. The quantitative estimate of drug-likeness (QED) is 0.0349. The molecule has 0 radical (unpaired) electrons. The van der Waals surface area contributed by atoms with Crippen LogP contribution in [0.4, 0.5) is 0 Å². The standard InChI is InChI=1S/C48H92O6/c1-4-7-10-13-16-19-21-23-25-27-30-32-35-38-41-47(50)53-44-45(54-48(51)42-39-36-33-28-18-15-12-9-6-3)43-52-46(49)40-37-34-31-29-26-24-22-20-17-14-11-8-5-2/h45H,4-44H2,1-3H3/t45-/m1/s1. The summed E-state index contributed by atoms with van der Waals surface area (Å²) in [6.07, 6.45) is 45.1. The summed E-state index contributed by atoms with van der Waals surface area (Å²) in [6.45, 7) is 6.64. The summed E-state index contributed by atoms with van der Waals surface area (Å²) in [5.41, 5.74) is 0. The molecule has 6 nitrogen and oxygen atoms in total. The minimum absolute atomic E-state index is 0.0625. The largest absolute Gasteiger partial charge is 0.462 e. The van der Waals surface area contributed by atoms with Crippen molar-refractivity contribution in [1.29, 1.82) is 0 Å². The Morgan fingerprint density at radius 2 is 0.500 bits per heavy atom. The second-order valence-corrected chi connectivity index (χ2v) is 16.4. The molecule has 0 aliphatic carbocycles. The van der Waals surface area contributed by atoms with E-state index in [0.717, 1.165) is 57.8 Å². The number of rotatable bonds is 44. The first-order valence-electron chi connectivity index (χ1n) is 24.0. The zero-order valence-electron chi connectivity index (χ0n) is 36.5. The van der Waals surface area contributed by atoms with E-state index >= 15 is 0 Å². The molecule has 0 aromatic heterocycles. The highest BCUT2D eigenvalue weighted by Gasteiger charge is 2.19. The van der Waals surface area contributed by atoms with Crippen molar-refractivity contribution in [1.82, 2.24) is 0 Å². The number of carbonyl (C=O) groups excluding carboxylic acids is 3. The number of esters is 3. The van der Waals surface area contributed by atoms with Crippen LogP contribution in [0.1, 0.15) is 271 Å². The van der Waals surface area contributed by atoms with Crippen LogP contribution in [0.15, 0.2) is 0 Å². The zero-order chi connectivity index (χ0) is 39.4. The van der Waals surface area contributed by atoms with Crippen molar-refractivity contribution in [2.24, 2.45) is 0 Å². The van der Waals surface area contributed by atoms with Gasteiger partial charge in [0.15, 0.2) is 6.10 Å². The van der Waals surface area contributed by atoms with Crippen molar-refractivity contribution in [3.63, 3.8) is 0 Å².